The number of Topliss-reactive ketones (excluding diaryl/α,β-unsaturated/α-hetero) is 2. The topological polar surface area (TPSA) is 543 Å². The Labute approximate surface area is 742 Å². The van der Waals surface area contributed by atoms with Gasteiger partial charge in [0.1, 0.15) is 66.1 Å². The van der Waals surface area contributed by atoms with Gasteiger partial charge in [0.2, 0.25) is 11.8 Å². The zero-order valence-corrected chi connectivity index (χ0v) is 75.3. The van der Waals surface area contributed by atoms with Crippen LogP contribution in [0.4, 0.5) is 57.5 Å². The van der Waals surface area contributed by atoms with Crippen molar-refractivity contribution in [3.05, 3.63) is 154 Å². The van der Waals surface area contributed by atoms with E-state index in [-0.39, 0.29) is 106 Å². The number of hydrogen-bond acceptors (Lipinski definition) is 26. The number of non-ortho nitro benzene ring substituents is 1. The number of anilines is 4. The molecular formula is C90H121N17O21. The Balaban J connectivity index is 0.000000286. The second kappa shape index (κ2) is 46.9. The SMILES string of the molecule is CC(C)[C@H](NC(=O)OC(C)(C)C)C(=O)C[C@@H](CCCNC(N)=O)C(=O)Nc1ccc(COC(=O)Oc2ccc([N+](=O)[O-])cc2)cc1.CCOCc1nc2c(N)nc3ccccc3c2n1CC(C)(C)O.CCOCc1nc2c(NC(=O)OCc3ccc(NC(=O)[C@H](CCCNC(N)=O)CC(=O)[C@@H](NC(=O)OC(C)(C)C)C(C)C)cc3)nc3ccccc3c2n1CC(C)(C)O. The number of alkyl carbamates (subject to hydrolysis) is 2. The zero-order chi connectivity index (χ0) is 94.5. The molecule has 9 rings (SSSR count). The van der Waals surface area contributed by atoms with E-state index in [0.717, 1.165) is 27.6 Å². The van der Waals surface area contributed by atoms with Gasteiger partial charge in [0.15, 0.2) is 23.2 Å². The monoisotopic (exact) mass is 1780 g/mol. The molecule has 0 aliphatic carbocycles. The maximum Gasteiger partial charge on any atom is 0.514 e. The predicted molar refractivity (Wildman–Crippen MR) is 481 cm³/mol. The van der Waals surface area contributed by atoms with E-state index in [1.54, 1.807) is 145 Å². The molecule has 128 heavy (non-hydrogen) atoms. The number of ether oxygens (including phenoxy) is 7. The van der Waals surface area contributed by atoms with Crippen molar-refractivity contribution in [2.75, 3.05) is 48.0 Å². The number of nitro groups is 1. The van der Waals surface area contributed by atoms with E-state index in [4.69, 9.17) is 55.3 Å². The van der Waals surface area contributed by atoms with Crippen molar-refractivity contribution in [2.24, 2.45) is 35.1 Å². The lowest BCUT2D eigenvalue weighted by Gasteiger charge is -2.26. The van der Waals surface area contributed by atoms with Crippen LogP contribution >= 0.6 is 0 Å². The Bertz CT molecular complexity index is 5320. The fourth-order valence-corrected chi connectivity index (χ4v) is 13.3. The van der Waals surface area contributed by atoms with Crippen LogP contribution in [0.5, 0.6) is 5.75 Å². The van der Waals surface area contributed by atoms with Crippen LogP contribution in [-0.4, -0.2) is 165 Å². The molecule has 38 nitrogen and oxygen atoms in total. The highest BCUT2D eigenvalue weighted by Gasteiger charge is 2.35. The smallest absolute Gasteiger partial charge is 0.444 e. The molecule has 692 valence electrons. The van der Waals surface area contributed by atoms with E-state index in [9.17, 15) is 68.3 Å². The predicted octanol–water partition coefficient (Wildman–Crippen LogP) is 13.4. The number of aromatic nitrogens is 6. The molecule has 38 heteroatoms. The number of nitrogens with two attached hydrogens (primary N) is 3. The van der Waals surface area contributed by atoms with Crippen LogP contribution < -0.4 is 59.2 Å². The van der Waals surface area contributed by atoms with Crippen LogP contribution in [-0.2, 0) is 87.1 Å². The average molecular weight is 1780 g/mol. The summed E-state index contributed by atoms with van der Waals surface area (Å²) in [6.45, 7) is 30.6. The number of carbonyl (C=O) groups is 10. The lowest BCUT2D eigenvalue weighted by molar-refractivity contribution is -0.384. The van der Waals surface area contributed by atoms with Gasteiger partial charge in [0, 0.05) is 85.3 Å². The number of amides is 9. The summed E-state index contributed by atoms with van der Waals surface area (Å²) in [5, 5.41) is 52.1. The number of nitrogen functional groups attached to an aromatic ring is 1. The maximum absolute atomic E-state index is 13.6. The van der Waals surface area contributed by atoms with E-state index in [1.807, 2.05) is 71.5 Å². The Morgan fingerprint density at radius 1 is 0.508 bits per heavy atom. The molecule has 4 aromatic heterocycles. The first-order valence-corrected chi connectivity index (χ1v) is 42.0. The second-order valence-electron chi connectivity index (χ2n) is 34.3. The van der Waals surface area contributed by atoms with Crippen molar-refractivity contribution >= 4 is 132 Å². The number of imidazole rings is 2. The lowest BCUT2D eigenvalue weighted by Crippen LogP contribution is -2.47. The molecule has 15 N–H and O–H groups in total. The summed E-state index contributed by atoms with van der Waals surface area (Å²) in [7, 11) is 0. The standard InChI is InChI=1S/C42H58N8O9.C31H41N5O10.C17H22N4O2/c1-9-57-23-32-47-34-35(50(32)24-42(7,8)56)29-14-10-11-15-30(29)46-36(34)49-39(54)58-22-26-16-18-28(19-17-26)45-37(52)27(13-12-20-44-38(43)53)21-31(51)33(25(2)3)48-40(55)59-41(4,5)6;1-19(2)26(35-29(40)46-31(3,4)5)25(37)17-21(7-6-16-33-28(32)39)27(38)34-22-10-8-20(9-11-22)18-44-30(41)45-24-14-12-23(13-15-24)36(42)43;1-4-23-9-13-20-14-15(21(13)10-17(2,3)22)11-7-5-6-8-12(11)19-16(14)18/h10-11,14-19,25,27,33,56H,9,12-13,20-24H2,1-8H3,(H,45,52)(H,48,55)(H3,43,44,53)(H,46,49,54);8-15,19,21,26H,6-7,16-18H2,1-5H3,(H,34,38)(H,35,40)(H3,32,33,39);5-8,22H,4,9-10H2,1-3H3,(H2,18,19)/t27-,33+;21-,26+;/m11./s1. The van der Waals surface area contributed by atoms with Gasteiger partial charge in [-0.25, -0.2) is 48.7 Å². The first kappa shape index (κ1) is 102. The molecule has 0 fully saturated rings. The van der Waals surface area contributed by atoms with Crippen LogP contribution in [0.25, 0.3) is 43.9 Å². The van der Waals surface area contributed by atoms with Crippen molar-refractivity contribution < 1.29 is 96.2 Å². The number of aliphatic hydroxyl groups is 2. The second-order valence-corrected chi connectivity index (χ2v) is 34.3. The molecule has 0 spiro atoms. The highest BCUT2D eigenvalue weighted by atomic mass is 16.7. The van der Waals surface area contributed by atoms with Crippen molar-refractivity contribution in [3.8, 4) is 5.75 Å². The number of hydrogen-bond donors (Lipinski definition) is 12. The zero-order valence-electron chi connectivity index (χ0n) is 75.3. The summed E-state index contributed by atoms with van der Waals surface area (Å²) in [4.78, 5) is 155. The van der Waals surface area contributed by atoms with Gasteiger partial charge >= 0.3 is 36.5 Å². The average Bonchev–Trinajstić information content (AvgIpc) is 1.60. The Kier molecular flexibility index (Phi) is 37.3. The minimum absolute atomic E-state index is 0.0763. The summed E-state index contributed by atoms with van der Waals surface area (Å²) in [5.41, 5.74) is 18.9. The number of primary amides is 2. The number of para-hydroxylation sites is 2. The molecule has 0 saturated carbocycles. The highest BCUT2D eigenvalue weighted by Crippen LogP contribution is 2.34. The molecule has 0 aliphatic rings. The Hall–Kier alpha value is -13.2. The minimum Gasteiger partial charge on any atom is -0.444 e. The van der Waals surface area contributed by atoms with Gasteiger partial charge in [-0.1, -0.05) is 88.4 Å². The maximum atomic E-state index is 13.6. The number of ketones is 2. The van der Waals surface area contributed by atoms with Crippen molar-refractivity contribution in [3.63, 3.8) is 0 Å². The molecule has 4 heterocycles. The first-order valence-electron chi connectivity index (χ1n) is 42.0. The number of nitrogens with one attached hydrogen (secondary N) is 7. The summed E-state index contributed by atoms with van der Waals surface area (Å²) in [6.07, 6.45) is -2.36. The summed E-state index contributed by atoms with van der Waals surface area (Å²) < 4.78 is 41.4. The van der Waals surface area contributed by atoms with Crippen molar-refractivity contribution in [1.82, 2.24) is 50.3 Å². The molecule has 9 aromatic rings. The van der Waals surface area contributed by atoms with Crippen molar-refractivity contribution in [1.29, 1.82) is 0 Å². The largest absolute Gasteiger partial charge is 0.514 e. The number of pyridine rings is 2. The fourth-order valence-electron chi connectivity index (χ4n) is 13.3. The van der Waals surface area contributed by atoms with E-state index < -0.39 is 99.6 Å². The Morgan fingerprint density at radius 2 is 0.914 bits per heavy atom. The molecule has 4 atom stereocenters. The van der Waals surface area contributed by atoms with E-state index in [0.29, 0.717) is 95.4 Å². The normalized spacial score (nSPS) is 12.6. The molecule has 0 saturated heterocycles. The van der Waals surface area contributed by atoms with Gasteiger partial charge in [-0.15, -0.1) is 0 Å². The summed E-state index contributed by atoms with van der Waals surface area (Å²) in [5.74, 6) is -1.73. The van der Waals surface area contributed by atoms with Gasteiger partial charge in [0.25, 0.3) is 5.69 Å². The van der Waals surface area contributed by atoms with Crippen LogP contribution in [0.15, 0.2) is 121 Å². The third-order valence-electron chi connectivity index (χ3n) is 19.0. The summed E-state index contributed by atoms with van der Waals surface area (Å²) in [6, 6.07) is 30.1. The molecule has 9 amide bonds. The van der Waals surface area contributed by atoms with Crippen LogP contribution in [0, 0.1) is 33.8 Å². The third-order valence-corrected chi connectivity index (χ3v) is 19.0. The number of fused-ring (bicyclic) bond motifs is 6. The van der Waals surface area contributed by atoms with E-state index >= 15 is 0 Å². The number of carbonyl (C=O) groups excluding carboxylic acids is 10. The van der Waals surface area contributed by atoms with Gasteiger partial charge < -0.3 is 102 Å². The van der Waals surface area contributed by atoms with Gasteiger partial charge in [-0.2, -0.15) is 0 Å². The summed E-state index contributed by atoms with van der Waals surface area (Å²) >= 11 is 0. The molecule has 0 bridgehead atoms. The number of benzene rings is 5. The molecule has 0 aliphatic heterocycles. The molecule has 0 radical (unpaired) electrons. The van der Waals surface area contributed by atoms with E-state index in [1.165, 1.54) is 24.3 Å². The van der Waals surface area contributed by atoms with Crippen LogP contribution in [0.3, 0.4) is 0 Å². The number of rotatable bonds is 39. The van der Waals surface area contributed by atoms with Gasteiger partial charge in [0.05, 0.1) is 63.4 Å². The Morgan fingerprint density at radius 3 is 1.31 bits per heavy atom. The van der Waals surface area contributed by atoms with Crippen LogP contribution in [0.1, 0.15) is 172 Å². The number of nitrogens with zero attached hydrogens (tertiary/aromatic N) is 7. The van der Waals surface area contributed by atoms with Crippen LogP contribution in [0.2, 0.25) is 0 Å². The number of urea groups is 2. The number of nitro benzene ring substituents is 1. The van der Waals surface area contributed by atoms with Gasteiger partial charge in [-0.3, -0.25) is 34.6 Å². The quantitative estimate of drug-likeness (QED) is 0.00425. The fraction of sp³-hybridized carbons (Fsp3) is 0.467. The van der Waals surface area contributed by atoms with Crippen molar-refractivity contribution in [2.45, 2.75) is 223 Å². The minimum atomic E-state index is -1.07. The molecule has 0 unspecified atom stereocenters. The molecular weight excluding hydrogens is 1660 g/mol. The highest BCUT2D eigenvalue weighted by molar-refractivity contribution is 6.10. The lowest BCUT2D eigenvalue weighted by atomic mass is 9.89. The first-order chi connectivity index (χ1) is 60.2. The third kappa shape index (κ3) is 33.0. The van der Waals surface area contributed by atoms with E-state index in [2.05, 4.69) is 52.2 Å². The van der Waals surface area contributed by atoms with Gasteiger partial charge in [-0.05, 0) is 180 Å². The molecule has 5 aromatic carbocycles.